The van der Waals surface area contributed by atoms with Gasteiger partial charge in [0, 0.05) is 23.5 Å². The zero-order valence-corrected chi connectivity index (χ0v) is 11.7. The summed E-state index contributed by atoms with van der Waals surface area (Å²) < 4.78 is 5.05. The number of hydrogen-bond donors (Lipinski definition) is 2. The van der Waals surface area contributed by atoms with Crippen LogP contribution in [0.4, 0.5) is 11.4 Å². The second-order valence-corrected chi connectivity index (χ2v) is 4.91. The van der Waals surface area contributed by atoms with Crippen molar-refractivity contribution < 1.29 is 14.6 Å². The maximum atomic E-state index is 12.7. The Morgan fingerprint density at radius 2 is 2.05 bits per heavy atom. The average Bonchev–Trinajstić information content (AvgIpc) is 2.92. The van der Waals surface area contributed by atoms with E-state index < -0.39 is 0 Å². The zero-order chi connectivity index (χ0) is 15.0. The fourth-order valence-corrected chi connectivity index (χ4v) is 2.68. The Morgan fingerprint density at radius 3 is 2.81 bits per heavy atom. The molecule has 1 heterocycles. The van der Waals surface area contributed by atoms with Crippen molar-refractivity contribution in [1.82, 2.24) is 0 Å². The normalized spacial score (nSPS) is 13.1. The lowest BCUT2D eigenvalue weighted by molar-refractivity contribution is 0.0986. The molecule has 5 nitrogen and oxygen atoms in total. The molecule has 0 fully saturated rings. The Kier molecular flexibility index (Phi) is 3.17. The van der Waals surface area contributed by atoms with E-state index in [0.29, 0.717) is 12.2 Å². The molecular formula is C16H16N2O3. The molecule has 0 bridgehead atoms. The Labute approximate surface area is 122 Å². The minimum Gasteiger partial charge on any atom is -0.504 e. The van der Waals surface area contributed by atoms with E-state index in [4.69, 9.17) is 10.5 Å². The van der Waals surface area contributed by atoms with Crippen LogP contribution >= 0.6 is 0 Å². The fourth-order valence-electron chi connectivity index (χ4n) is 2.68. The van der Waals surface area contributed by atoms with Crippen LogP contribution < -0.4 is 15.4 Å². The number of rotatable bonds is 2. The van der Waals surface area contributed by atoms with Gasteiger partial charge in [-0.25, -0.2) is 0 Å². The fraction of sp³-hybridized carbons (Fsp3) is 0.188. The van der Waals surface area contributed by atoms with Gasteiger partial charge in [0.25, 0.3) is 5.91 Å². The molecule has 1 aliphatic heterocycles. The Balaban J connectivity index is 2.01. The van der Waals surface area contributed by atoms with Crippen molar-refractivity contribution in [2.75, 3.05) is 24.3 Å². The van der Waals surface area contributed by atoms with Crippen molar-refractivity contribution in [3.05, 3.63) is 47.5 Å². The summed E-state index contributed by atoms with van der Waals surface area (Å²) in [5, 5.41) is 10.1. The first-order valence-electron chi connectivity index (χ1n) is 6.68. The number of carbonyl (C=O) groups is 1. The van der Waals surface area contributed by atoms with Crippen LogP contribution in [-0.4, -0.2) is 24.7 Å². The van der Waals surface area contributed by atoms with Crippen LogP contribution in [0.15, 0.2) is 36.4 Å². The number of carbonyl (C=O) groups excluding carboxylic acids is 1. The maximum Gasteiger partial charge on any atom is 0.262 e. The highest BCUT2D eigenvalue weighted by atomic mass is 16.5. The molecule has 1 aliphatic rings. The highest BCUT2D eigenvalue weighted by molar-refractivity contribution is 6.09. The molecule has 2 aromatic rings. The standard InChI is InChI=1S/C16H16N2O3/c1-21-14-7-2-4-11(15(14)19)16(20)18-9-8-10-12(17)5-3-6-13(10)18/h2-7,19H,8-9,17H2,1H3. The number of ether oxygens (including phenoxy) is 1. The number of hydrogen-bond acceptors (Lipinski definition) is 4. The van der Waals surface area contributed by atoms with Crippen molar-refractivity contribution in [1.29, 1.82) is 0 Å². The predicted molar refractivity (Wildman–Crippen MR) is 80.9 cm³/mol. The number of amides is 1. The summed E-state index contributed by atoms with van der Waals surface area (Å²) in [6.07, 6.45) is 0.721. The molecule has 5 heteroatoms. The minimum absolute atomic E-state index is 0.137. The molecule has 0 spiro atoms. The number of nitrogen functional groups attached to an aromatic ring is 1. The third-order valence-electron chi connectivity index (χ3n) is 3.76. The third kappa shape index (κ3) is 2.07. The second-order valence-electron chi connectivity index (χ2n) is 4.91. The van der Waals surface area contributed by atoms with Crippen molar-refractivity contribution in [2.24, 2.45) is 0 Å². The molecule has 0 saturated carbocycles. The summed E-state index contributed by atoms with van der Waals surface area (Å²) in [6.45, 7) is 0.555. The summed E-state index contributed by atoms with van der Waals surface area (Å²) in [5.74, 6) is -0.106. The average molecular weight is 284 g/mol. The maximum absolute atomic E-state index is 12.7. The van der Waals surface area contributed by atoms with Gasteiger partial charge in [-0.2, -0.15) is 0 Å². The monoisotopic (exact) mass is 284 g/mol. The van der Waals surface area contributed by atoms with Gasteiger partial charge in [0.15, 0.2) is 11.5 Å². The van der Waals surface area contributed by atoms with Crippen LogP contribution in [0.1, 0.15) is 15.9 Å². The van der Waals surface area contributed by atoms with Gasteiger partial charge in [-0.1, -0.05) is 12.1 Å². The van der Waals surface area contributed by atoms with Crippen LogP contribution in [0, 0.1) is 0 Å². The van der Waals surface area contributed by atoms with Crippen molar-refractivity contribution in [3.8, 4) is 11.5 Å². The smallest absolute Gasteiger partial charge is 0.262 e. The molecule has 3 rings (SSSR count). The topological polar surface area (TPSA) is 75.8 Å². The van der Waals surface area contributed by atoms with E-state index in [1.54, 1.807) is 23.1 Å². The van der Waals surface area contributed by atoms with E-state index in [1.165, 1.54) is 7.11 Å². The van der Waals surface area contributed by atoms with Gasteiger partial charge in [0.1, 0.15) is 0 Å². The molecule has 2 aromatic carbocycles. The summed E-state index contributed by atoms with van der Waals surface area (Å²) in [6, 6.07) is 10.4. The molecule has 3 N–H and O–H groups in total. The van der Waals surface area contributed by atoms with E-state index in [9.17, 15) is 9.90 Å². The molecular weight excluding hydrogens is 268 g/mol. The number of nitrogens with two attached hydrogens (primary N) is 1. The number of phenols is 1. The van der Waals surface area contributed by atoms with Gasteiger partial charge in [-0.15, -0.1) is 0 Å². The summed E-state index contributed by atoms with van der Waals surface area (Å²) >= 11 is 0. The summed E-state index contributed by atoms with van der Waals surface area (Å²) in [5.41, 5.74) is 8.65. The number of benzene rings is 2. The Bertz CT molecular complexity index is 713. The number of phenolic OH excluding ortho intramolecular Hbond substituents is 1. The molecule has 0 aliphatic carbocycles. The van der Waals surface area contributed by atoms with E-state index in [0.717, 1.165) is 17.7 Å². The second kappa shape index (κ2) is 5.01. The van der Waals surface area contributed by atoms with E-state index >= 15 is 0 Å². The van der Waals surface area contributed by atoms with Crippen LogP contribution in [-0.2, 0) is 6.42 Å². The first-order valence-corrected chi connectivity index (χ1v) is 6.68. The first kappa shape index (κ1) is 13.3. The summed E-state index contributed by atoms with van der Waals surface area (Å²) in [7, 11) is 1.45. The van der Waals surface area contributed by atoms with Gasteiger partial charge in [0.2, 0.25) is 0 Å². The SMILES string of the molecule is COc1cccc(C(=O)N2CCc3c(N)cccc32)c1O. The molecule has 0 unspecified atom stereocenters. The van der Waals surface area contributed by atoms with Crippen molar-refractivity contribution in [3.63, 3.8) is 0 Å². The lowest BCUT2D eigenvalue weighted by atomic mass is 10.1. The first-order chi connectivity index (χ1) is 10.1. The quantitative estimate of drug-likeness (QED) is 0.829. The minimum atomic E-state index is -0.254. The molecule has 0 aromatic heterocycles. The van der Waals surface area contributed by atoms with Gasteiger partial charge >= 0.3 is 0 Å². The van der Waals surface area contributed by atoms with Gasteiger partial charge < -0.3 is 20.5 Å². The van der Waals surface area contributed by atoms with E-state index in [1.807, 2.05) is 18.2 Å². The number of nitrogens with zero attached hydrogens (tertiary/aromatic N) is 1. The van der Waals surface area contributed by atoms with Crippen LogP contribution in [0.2, 0.25) is 0 Å². The number of anilines is 2. The molecule has 21 heavy (non-hydrogen) atoms. The third-order valence-corrected chi connectivity index (χ3v) is 3.76. The lowest BCUT2D eigenvalue weighted by Crippen LogP contribution is -2.28. The number of methoxy groups -OCH3 is 1. The number of aromatic hydroxyl groups is 1. The Hall–Kier alpha value is -2.69. The molecule has 1 amide bonds. The van der Waals surface area contributed by atoms with Crippen LogP contribution in [0.5, 0.6) is 11.5 Å². The van der Waals surface area contributed by atoms with Gasteiger partial charge in [-0.3, -0.25) is 4.79 Å². The molecule has 0 radical (unpaired) electrons. The number of para-hydroxylation sites is 1. The van der Waals surface area contributed by atoms with E-state index in [-0.39, 0.29) is 23.0 Å². The highest BCUT2D eigenvalue weighted by Crippen LogP contribution is 2.36. The molecule has 108 valence electrons. The highest BCUT2D eigenvalue weighted by Gasteiger charge is 2.28. The van der Waals surface area contributed by atoms with E-state index in [2.05, 4.69) is 0 Å². The van der Waals surface area contributed by atoms with Crippen molar-refractivity contribution >= 4 is 17.3 Å². The van der Waals surface area contributed by atoms with Gasteiger partial charge in [0.05, 0.1) is 12.7 Å². The molecule has 0 atom stereocenters. The van der Waals surface area contributed by atoms with Crippen LogP contribution in [0.25, 0.3) is 0 Å². The zero-order valence-electron chi connectivity index (χ0n) is 11.7. The Morgan fingerprint density at radius 1 is 1.29 bits per heavy atom. The number of fused-ring (bicyclic) bond motifs is 1. The van der Waals surface area contributed by atoms with Gasteiger partial charge in [-0.05, 0) is 30.7 Å². The van der Waals surface area contributed by atoms with Crippen molar-refractivity contribution in [2.45, 2.75) is 6.42 Å². The largest absolute Gasteiger partial charge is 0.504 e. The van der Waals surface area contributed by atoms with Crippen LogP contribution in [0.3, 0.4) is 0 Å². The molecule has 0 saturated heterocycles. The summed E-state index contributed by atoms with van der Waals surface area (Å²) in [4.78, 5) is 14.3. The predicted octanol–water partition coefficient (Wildman–Crippen LogP) is 2.19. The lowest BCUT2D eigenvalue weighted by Gasteiger charge is -2.18.